The molecule has 0 radical (unpaired) electrons. The monoisotopic (exact) mass is 262 g/mol. The van der Waals surface area contributed by atoms with Crippen LogP contribution >= 0.6 is 0 Å². The highest BCUT2D eigenvalue weighted by Crippen LogP contribution is 2.18. The van der Waals surface area contributed by atoms with Gasteiger partial charge in [-0.2, -0.15) is 0 Å². The topological polar surface area (TPSA) is 41.1 Å². The number of amides is 1. The highest BCUT2D eigenvalue weighted by Gasteiger charge is 2.17. The largest absolute Gasteiger partial charge is 0.385 e. The van der Waals surface area contributed by atoms with Crippen molar-refractivity contribution in [1.29, 1.82) is 0 Å². The molecule has 0 aliphatic heterocycles. The van der Waals surface area contributed by atoms with Crippen LogP contribution in [0.1, 0.15) is 50.0 Å². The fourth-order valence-corrected chi connectivity index (χ4v) is 2.18. The van der Waals surface area contributed by atoms with Crippen molar-refractivity contribution in [1.82, 2.24) is 5.32 Å². The molecule has 0 spiro atoms. The average Bonchev–Trinajstić information content (AvgIpc) is 2.37. The molecule has 1 aromatic rings. The maximum absolute atomic E-state index is 12.4. The summed E-state index contributed by atoms with van der Waals surface area (Å²) in [5.74, 6) is 0.460. The molecule has 0 aliphatic carbocycles. The van der Waals surface area contributed by atoms with Crippen LogP contribution in [0.3, 0.4) is 0 Å². The molecule has 0 saturated carbocycles. The molecule has 2 N–H and O–H groups in total. The third-order valence-corrected chi connectivity index (χ3v) is 3.35. The molecule has 0 fully saturated rings. The molecule has 3 heteroatoms. The van der Waals surface area contributed by atoms with Crippen molar-refractivity contribution in [2.24, 2.45) is 5.92 Å². The van der Waals surface area contributed by atoms with Gasteiger partial charge in [0.15, 0.2) is 0 Å². The summed E-state index contributed by atoms with van der Waals surface area (Å²) in [5.41, 5.74) is 2.74. The van der Waals surface area contributed by atoms with E-state index in [1.807, 2.05) is 32.0 Å². The summed E-state index contributed by atoms with van der Waals surface area (Å²) in [5, 5.41) is 6.37. The molecule has 19 heavy (non-hydrogen) atoms. The lowest BCUT2D eigenvalue weighted by molar-refractivity contribution is 0.0925. The SMILES string of the molecule is CCNc1ccc(C)cc1C(=O)NC(CC)C(C)C. The first-order valence-corrected chi connectivity index (χ1v) is 7.14. The quantitative estimate of drug-likeness (QED) is 0.822. The molecule has 0 aromatic heterocycles. The molecular weight excluding hydrogens is 236 g/mol. The van der Waals surface area contributed by atoms with Crippen LogP contribution in [0.2, 0.25) is 0 Å². The van der Waals surface area contributed by atoms with Crippen LogP contribution in [0, 0.1) is 12.8 Å². The number of hydrogen-bond donors (Lipinski definition) is 2. The van der Waals surface area contributed by atoms with Gasteiger partial charge in [0.05, 0.1) is 5.56 Å². The third kappa shape index (κ3) is 4.27. The fraction of sp³-hybridized carbons (Fsp3) is 0.562. The van der Waals surface area contributed by atoms with Crippen LogP contribution in [0.15, 0.2) is 18.2 Å². The van der Waals surface area contributed by atoms with E-state index in [-0.39, 0.29) is 11.9 Å². The van der Waals surface area contributed by atoms with Crippen molar-refractivity contribution >= 4 is 11.6 Å². The lowest BCUT2D eigenvalue weighted by Crippen LogP contribution is -2.38. The molecule has 3 nitrogen and oxygen atoms in total. The van der Waals surface area contributed by atoms with Gasteiger partial charge in [0.2, 0.25) is 0 Å². The number of anilines is 1. The van der Waals surface area contributed by atoms with E-state index < -0.39 is 0 Å². The highest BCUT2D eigenvalue weighted by atomic mass is 16.1. The second-order valence-electron chi connectivity index (χ2n) is 5.31. The van der Waals surface area contributed by atoms with Gasteiger partial charge in [0.25, 0.3) is 5.91 Å². The van der Waals surface area contributed by atoms with Crippen molar-refractivity contribution in [3.63, 3.8) is 0 Å². The van der Waals surface area contributed by atoms with Crippen molar-refractivity contribution in [3.05, 3.63) is 29.3 Å². The normalized spacial score (nSPS) is 12.3. The van der Waals surface area contributed by atoms with E-state index in [0.29, 0.717) is 5.92 Å². The number of carbonyl (C=O) groups is 1. The minimum atomic E-state index is 0.0141. The maximum atomic E-state index is 12.4. The highest BCUT2D eigenvalue weighted by molar-refractivity contribution is 6.00. The minimum absolute atomic E-state index is 0.0141. The van der Waals surface area contributed by atoms with Gasteiger partial charge in [-0.25, -0.2) is 0 Å². The average molecular weight is 262 g/mol. The molecule has 1 rings (SSSR count). The van der Waals surface area contributed by atoms with Crippen molar-refractivity contribution in [3.8, 4) is 0 Å². The number of carbonyl (C=O) groups excluding carboxylic acids is 1. The van der Waals surface area contributed by atoms with Crippen LogP contribution in [0.25, 0.3) is 0 Å². The molecule has 1 unspecified atom stereocenters. The molecule has 0 aliphatic rings. The van der Waals surface area contributed by atoms with Gasteiger partial charge >= 0.3 is 0 Å². The van der Waals surface area contributed by atoms with E-state index in [0.717, 1.165) is 29.8 Å². The predicted octanol–water partition coefficient (Wildman–Crippen LogP) is 3.59. The molecule has 0 saturated heterocycles. The first-order valence-electron chi connectivity index (χ1n) is 7.14. The first kappa shape index (κ1) is 15.5. The van der Waals surface area contributed by atoms with Gasteiger partial charge in [-0.05, 0) is 38.3 Å². The number of hydrogen-bond acceptors (Lipinski definition) is 2. The minimum Gasteiger partial charge on any atom is -0.385 e. The van der Waals surface area contributed by atoms with E-state index in [1.54, 1.807) is 0 Å². The molecular formula is C16H26N2O. The van der Waals surface area contributed by atoms with Crippen molar-refractivity contribution in [2.45, 2.75) is 47.1 Å². The van der Waals surface area contributed by atoms with Gasteiger partial charge in [-0.3, -0.25) is 4.79 Å². The standard InChI is InChI=1S/C16H26N2O/c1-6-14(11(3)4)18-16(19)13-10-12(5)8-9-15(13)17-7-2/h8-11,14,17H,6-7H2,1-5H3,(H,18,19). The predicted molar refractivity (Wildman–Crippen MR) is 81.7 cm³/mol. The zero-order valence-corrected chi connectivity index (χ0v) is 12.7. The Bertz CT molecular complexity index is 427. The van der Waals surface area contributed by atoms with Crippen LogP contribution in [-0.4, -0.2) is 18.5 Å². The molecule has 1 atom stereocenters. The van der Waals surface area contributed by atoms with Gasteiger partial charge in [0, 0.05) is 18.3 Å². The zero-order chi connectivity index (χ0) is 14.4. The van der Waals surface area contributed by atoms with Crippen LogP contribution < -0.4 is 10.6 Å². The Kier molecular flexibility index (Phi) is 5.87. The molecule has 1 amide bonds. The van der Waals surface area contributed by atoms with E-state index in [9.17, 15) is 4.79 Å². The molecule has 106 valence electrons. The number of rotatable bonds is 6. The second-order valence-corrected chi connectivity index (χ2v) is 5.31. The Morgan fingerprint density at radius 2 is 1.95 bits per heavy atom. The van der Waals surface area contributed by atoms with Gasteiger partial charge in [0.1, 0.15) is 0 Å². The van der Waals surface area contributed by atoms with Gasteiger partial charge in [-0.15, -0.1) is 0 Å². The Labute approximate surface area is 116 Å². The number of aryl methyl sites for hydroxylation is 1. The Morgan fingerprint density at radius 1 is 1.26 bits per heavy atom. The number of benzene rings is 1. The van der Waals surface area contributed by atoms with E-state index in [4.69, 9.17) is 0 Å². The second kappa shape index (κ2) is 7.17. The summed E-state index contributed by atoms with van der Waals surface area (Å²) < 4.78 is 0. The van der Waals surface area contributed by atoms with E-state index in [2.05, 4.69) is 31.4 Å². The smallest absolute Gasteiger partial charge is 0.253 e. The van der Waals surface area contributed by atoms with E-state index >= 15 is 0 Å². The molecule has 0 heterocycles. The Morgan fingerprint density at radius 3 is 2.47 bits per heavy atom. The third-order valence-electron chi connectivity index (χ3n) is 3.35. The molecule has 0 bridgehead atoms. The number of nitrogens with one attached hydrogen (secondary N) is 2. The summed E-state index contributed by atoms with van der Waals surface area (Å²) in [6.07, 6.45) is 0.950. The van der Waals surface area contributed by atoms with Crippen molar-refractivity contribution in [2.75, 3.05) is 11.9 Å². The van der Waals surface area contributed by atoms with Gasteiger partial charge < -0.3 is 10.6 Å². The van der Waals surface area contributed by atoms with Crippen LogP contribution in [-0.2, 0) is 0 Å². The summed E-state index contributed by atoms with van der Waals surface area (Å²) in [6.45, 7) is 11.2. The Balaban J connectivity index is 2.94. The Hall–Kier alpha value is -1.51. The lowest BCUT2D eigenvalue weighted by Gasteiger charge is -2.21. The summed E-state index contributed by atoms with van der Waals surface area (Å²) in [4.78, 5) is 12.4. The maximum Gasteiger partial charge on any atom is 0.253 e. The van der Waals surface area contributed by atoms with Crippen LogP contribution in [0.5, 0.6) is 0 Å². The summed E-state index contributed by atoms with van der Waals surface area (Å²) in [7, 11) is 0. The van der Waals surface area contributed by atoms with Gasteiger partial charge in [-0.1, -0.05) is 32.4 Å². The zero-order valence-electron chi connectivity index (χ0n) is 12.7. The van der Waals surface area contributed by atoms with Crippen LogP contribution in [0.4, 0.5) is 5.69 Å². The van der Waals surface area contributed by atoms with Crippen molar-refractivity contribution < 1.29 is 4.79 Å². The lowest BCUT2D eigenvalue weighted by atomic mass is 10.0. The fourth-order valence-electron chi connectivity index (χ4n) is 2.18. The first-order chi connectivity index (χ1) is 8.99. The molecule has 1 aromatic carbocycles. The summed E-state index contributed by atoms with van der Waals surface area (Å²) >= 11 is 0. The van der Waals surface area contributed by atoms with E-state index in [1.165, 1.54) is 0 Å². The summed E-state index contributed by atoms with van der Waals surface area (Å²) in [6, 6.07) is 6.17.